The minimum atomic E-state index is -0.189. The molecule has 0 atom stereocenters. The van der Waals surface area contributed by atoms with E-state index in [1.807, 2.05) is 22.6 Å². The fourth-order valence-corrected chi connectivity index (χ4v) is 1.88. The van der Waals surface area contributed by atoms with Crippen LogP contribution in [0.15, 0.2) is 18.2 Å². The molecule has 0 unspecified atom stereocenters. The quantitative estimate of drug-likeness (QED) is 0.802. The van der Waals surface area contributed by atoms with Crippen LogP contribution in [0.1, 0.15) is 23.2 Å². The highest BCUT2D eigenvalue weighted by Gasteiger charge is 2.19. The summed E-state index contributed by atoms with van der Waals surface area (Å²) >= 11 is 2.01. The van der Waals surface area contributed by atoms with Crippen LogP contribution in [0.3, 0.4) is 0 Å². The van der Waals surface area contributed by atoms with Gasteiger partial charge in [0.15, 0.2) is 0 Å². The molecule has 1 fully saturated rings. The number of phenols is 1. The number of aromatic hydroxyl groups is 1. The highest BCUT2D eigenvalue weighted by Crippen LogP contribution is 2.22. The zero-order chi connectivity index (χ0) is 11.5. The first-order chi connectivity index (χ1) is 7.68. The van der Waals surface area contributed by atoms with Crippen molar-refractivity contribution in [2.24, 2.45) is 0 Å². The molecule has 1 heterocycles. The summed E-state index contributed by atoms with van der Waals surface area (Å²) in [5, 5.41) is 10.9. The molecule has 1 N–H and O–H groups in total. The molecule has 0 saturated carbocycles. The fourth-order valence-electron chi connectivity index (χ4n) is 1.55. The van der Waals surface area contributed by atoms with Gasteiger partial charge in [0, 0.05) is 12.1 Å². The maximum Gasteiger partial charge on any atom is 0.277 e. The van der Waals surface area contributed by atoms with Crippen LogP contribution in [0, 0.1) is 3.57 Å². The highest BCUT2D eigenvalue weighted by atomic mass is 127. The Labute approximate surface area is 107 Å². The molecule has 1 saturated heterocycles. The Balaban J connectivity index is 2.16. The predicted octanol–water partition coefficient (Wildman–Crippen LogP) is 2.16. The van der Waals surface area contributed by atoms with Crippen molar-refractivity contribution >= 4 is 28.5 Å². The lowest BCUT2D eigenvalue weighted by Gasteiger charge is -2.25. The Morgan fingerprint density at radius 3 is 2.88 bits per heavy atom. The molecule has 5 heteroatoms. The molecule has 0 aliphatic carbocycles. The Morgan fingerprint density at radius 1 is 1.44 bits per heavy atom. The number of hydrogen-bond acceptors (Lipinski definition) is 3. The van der Waals surface area contributed by atoms with Gasteiger partial charge in [0.1, 0.15) is 5.75 Å². The van der Waals surface area contributed by atoms with Gasteiger partial charge in [-0.1, -0.05) is 0 Å². The van der Waals surface area contributed by atoms with E-state index < -0.39 is 0 Å². The molecular formula is C11H12INO3. The smallest absolute Gasteiger partial charge is 0.277 e. The fraction of sp³-hybridized carbons (Fsp3) is 0.364. The molecule has 16 heavy (non-hydrogen) atoms. The standard InChI is InChI=1S/C11H12INO3/c12-9-4-3-8(7-10(9)14)11(15)13-5-1-2-6-16-13/h3-4,7,14H,1-2,5-6H2. The number of amides is 1. The van der Waals surface area contributed by atoms with E-state index in [2.05, 4.69) is 0 Å². The third-order valence-electron chi connectivity index (χ3n) is 2.42. The number of nitrogens with zero attached hydrogens (tertiary/aromatic N) is 1. The molecule has 1 aromatic rings. The van der Waals surface area contributed by atoms with E-state index in [9.17, 15) is 9.90 Å². The predicted molar refractivity (Wildman–Crippen MR) is 67.0 cm³/mol. The van der Waals surface area contributed by atoms with E-state index in [0.29, 0.717) is 18.7 Å². The first kappa shape index (κ1) is 11.7. The SMILES string of the molecule is O=C(c1ccc(I)c(O)c1)N1CCCCO1. The summed E-state index contributed by atoms with van der Waals surface area (Å²) < 4.78 is 0.730. The van der Waals surface area contributed by atoms with Crippen LogP contribution in [-0.4, -0.2) is 29.2 Å². The number of hydrogen-bond donors (Lipinski definition) is 1. The van der Waals surface area contributed by atoms with E-state index in [1.165, 1.54) is 11.1 Å². The summed E-state index contributed by atoms with van der Waals surface area (Å²) in [6.07, 6.45) is 1.95. The summed E-state index contributed by atoms with van der Waals surface area (Å²) in [5.74, 6) is -0.0603. The lowest BCUT2D eigenvalue weighted by molar-refractivity contribution is -0.144. The van der Waals surface area contributed by atoms with Crippen molar-refractivity contribution in [1.29, 1.82) is 0 Å². The average molecular weight is 333 g/mol. The van der Waals surface area contributed by atoms with Gasteiger partial charge >= 0.3 is 0 Å². The third-order valence-corrected chi connectivity index (χ3v) is 3.33. The van der Waals surface area contributed by atoms with Crippen molar-refractivity contribution < 1.29 is 14.7 Å². The van der Waals surface area contributed by atoms with E-state index >= 15 is 0 Å². The van der Waals surface area contributed by atoms with Gasteiger partial charge in [-0.05, 0) is 53.6 Å². The van der Waals surface area contributed by atoms with Gasteiger partial charge in [0.05, 0.1) is 10.2 Å². The summed E-state index contributed by atoms with van der Waals surface area (Å²) in [4.78, 5) is 17.2. The van der Waals surface area contributed by atoms with Crippen LogP contribution in [0.5, 0.6) is 5.75 Å². The maximum atomic E-state index is 12.0. The van der Waals surface area contributed by atoms with Crippen molar-refractivity contribution in [2.75, 3.05) is 13.2 Å². The van der Waals surface area contributed by atoms with E-state index in [0.717, 1.165) is 16.4 Å². The molecule has 1 aromatic carbocycles. The third kappa shape index (κ3) is 2.46. The number of halogens is 1. The zero-order valence-corrected chi connectivity index (χ0v) is 10.8. The van der Waals surface area contributed by atoms with Crippen LogP contribution in [0.25, 0.3) is 0 Å². The van der Waals surface area contributed by atoms with Crippen LogP contribution >= 0.6 is 22.6 Å². The van der Waals surface area contributed by atoms with Crippen LogP contribution in [-0.2, 0) is 4.84 Å². The van der Waals surface area contributed by atoms with Crippen molar-refractivity contribution in [3.8, 4) is 5.75 Å². The van der Waals surface area contributed by atoms with Crippen molar-refractivity contribution in [3.63, 3.8) is 0 Å². The number of benzene rings is 1. The van der Waals surface area contributed by atoms with E-state index in [-0.39, 0.29) is 11.7 Å². The molecule has 0 aromatic heterocycles. The summed E-state index contributed by atoms with van der Waals surface area (Å²) in [6, 6.07) is 4.89. The topological polar surface area (TPSA) is 49.8 Å². The summed E-state index contributed by atoms with van der Waals surface area (Å²) in [5.41, 5.74) is 0.458. The van der Waals surface area contributed by atoms with Gasteiger partial charge in [0.2, 0.25) is 0 Å². The number of phenolic OH excluding ortho intramolecular Hbond substituents is 1. The molecule has 1 aliphatic rings. The molecule has 4 nitrogen and oxygen atoms in total. The highest BCUT2D eigenvalue weighted by molar-refractivity contribution is 14.1. The largest absolute Gasteiger partial charge is 0.507 e. The van der Waals surface area contributed by atoms with Crippen LogP contribution < -0.4 is 0 Å². The Kier molecular flexibility index (Phi) is 3.65. The lowest BCUT2D eigenvalue weighted by atomic mass is 10.2. The van der Waals surface area contributed by atoms with Crippen molar-refractivity contribution in [2.45, 2.75) is 12.8 Å². The Hall–Kier alpha value is -0.820. The van der Waals surface area contributed by atoms with Gasteiger partial charge in [-0.2, -0.15) is 0 Å². The zero-order valence-electron chi connectivity index (χ0n) is 8.65. The second kappa shape index (κ2) is 5.01. The molecule has 0 spiro atoms. The molecule has 1 aliphatic heterocycles. The first-order valence-corrected chi connectivity index (χ1v) is 6.19. The Morgan fingerprint density at radius 2 is 2.25 bits per heavy atom. The first-order valence-electron chi connectivity index (χ1n) is 5.12. The Bertz CT molecular complexity index is 402. The number of hydroxylamine groups is 2. The molecule has 86 valence electrons. The molecule has 0 radical (unpaired) electrons. The van der Waals surface area contributed by atoms with Gasteiger partial charge in [-0.25, -0.2) is 5.06 Å². The van der Waals surface area contributed by atoms with Crippen LogP contribution in [0.4, 0.5) is 0 Å². The van der Waals surface area contributed by atoms with Crippen LogP contribution in [0.2, 0.25) is 0 Å². The monoisotopic (exact) mass is 333 g/mol. The minimum Gasteiger partial charge on any atom is -0.507 e. The summed E-state index contributed by atoms with van der Waals surface area (Å²) in [7, 11) is 0. The molecule has 1 amide bonds. The normalized spacial score (nSPS) is 16.2. The molecule has 2 rings (SSSR count). The van der Waals surface area contributed by atoms with Gasteiger partial charge < -0.3 is 5.11 Å². The second-order valence-corrected chi connectivity index (χ2v) is 4.78. The summed E-state index contributed by atoms with van der Waals surface area (Å²) in [6.45, 7) is 1.20. The second-order valence-electron chi connectivity index (χ2n) is 3.61. The lowest BCUT2D eigenvalue weighted by Crippen LogP contribution is -2.35. The molecular weight excluding hydrogens is 321 g/mol. The van der Waals surface area contributed by atoms with Gasteiger partial charge in [-0.15, -0.1) is 0 Å². The maximum absolute atomic E-state index is 12.0. The van der Waals surface area contributed by atoms with Crippen molar-refractivity contribution in [1.82, 2.24) is 5.06 Å². The van der Waals surface area contributed by atoms with Gasteiger partial charge in [-0.3, -0.25) is 9.63 Å². The minimum absolute atomic E-state index is 0.128. The van der Waals surface area contributed by atoms with Crippen molar-refractivity contribution in [3.05, 3.63) is 27.3 Å². The van der Waals surface area contributed by atoms with E-state index in [1.54, 1.807) is 12.1 Å². The average Bonchev–Trinajstić information content (AvgIpc) is 2.33. The molecule has 0 bridgehead atoms. The number of carbonyl (C=O) groups is 1. The van der Waals surface area contributed by atoms with E-state index in [4.69, 9.17) is 4.84 Å². The number of carbonyl (C=O) groups excluding carboxylic acids is 1. The number of rotatable bonds is 1. The van der Waals surface area contributed by atoms with Gasteiger partial charge in [0.25, 0.3) is 5.91 Å².